The van der Waals surface area contributed by atoms with Gasteiger partial charge in [-0.2, -0.15) is 0 Å². The molecule has 2 aromatic rings. The van der Waals surface area contributed by atoms with Crippen LogP contribution in [-0.4, -0.2) is 18.5 Å². The van der Waals surface area contributed by atoms with Crippen LogP contribution in [0.1, 0.15) is 17.2 Å². The summed E-state index contributed by atoms with van der Waals surface area (Å²) in [4.78, 5) is 0. The fourth-order valence-electron chi connectivity index (χ4n) is 2.68. The number of nitrogens with one attached hydrogen (secondary N) is 1. The second kappa shape index (κ2) is 6.29. The Morgan fingerprint density at radius 2 is 1.80 bits per heavy atom. The second-order valence-electron chi connectivity index (χ2n) is 5.01. The molecule has 0 aliphatic heterocycles. The lowest BCUT2D eigenvalue weighted by Gasteiger charge is -2.17. The van der Waals surface area contributed by atoms with Gasteiger partial charge in [-0.25, -0.2) is 0 Å². The van der Waals surface area contributed by atoms with Crippen LogP contribution in [-0.2, 0) is 6.42 Å². The predicted octanol–water partition coefficient (Wildman–Crippen LogP) is 3.56. The van der Waals surface area contributed by atoms with E-state index in [1.165, 1.54) is 11.1 Å². The topological polar surface area (TPSA) is 21.3 Å². The lowest BCUT2D eigenvalue weighted by atomic mass is 10.1. The van der Waals surface area contributed by atoms with E-state index in [9.17, 15) is 0 Å². The third-order valence-electron chi connectivity index (χ3n) is 3.65. The van der Waals surface area contributed by atoms with Gasteiger partial charge < -0.3 is 10.1 Å². The van der Waals surface area contributed by atoms with Crippen LogP contribution in [0.4, 0.5) is 0 Å². The Labute approximate surface area is 124 Å². The number of hydrogen-bond acceptors (Lipinski definition) is 2. The Balaban J connectivity index is 1.52. The van der Waals surface area contributed by atoms with Crippen LogP contribution in [0, 0.1) is 0 Å². The molecule has 3 rings (SSSR count). The molecule has 20 heavy (non-hydrogen) atoms. The normalized spacial score (nSPS) is 20.6. The highest BCUT2D eigenvalue weighted by Crippen LogP contribution is 2.34. The van der Waals surface area contributed by atoms with E-state index in [-0.39, 0.29) is 11.4 Å². The van der Waals surface area contributed by atoms with Crippen molar-refractivity contribution in [1.82, 2.24) is 5.32 Å². The lowest BCUT2D eigenvalue weighted by Crippen LogP contribution is -2.29. The minimum absolute atomic E-state index is 0.129. The highest BCUT2D eigenvalue weighted by atomic mass is 35.5. The number of benzene rings is 2. The van der Waals surface area contributed by atoms with Crippen LogP contribution in [0.25, 0.3) is 0 Å². The van der Waals surface area contributed by atoms with E-state index >= 15 is 0 Å². The highest BCUT2D eigenvalue weighted by Gasteiger charge is 2.29. The molecule has 3 heteroatoms. The summed E-state index contributed by atoms with van der Waals surface area (Å²) < 4.78 is 5.68. The third kappa shape index (κ3) is 2.97. The van der Waals surface area contributed by atoms with E-state index < -0.39 is 0 Å². The van der Waals surface area contributed by atoms with Gasteiger partial charge in [-0.3, -0.25) is 0 Å². The van der Waals surface area contributed by atoms with Crippen molar-refractivity contribution < 1.29 is 4.74 Å². The number of para-hydroxylation sites is 1. The SMILES string of the molecule is ClC1Cc2ccccc2C1NCCOc1ccccc1. The molecule has 1 N–H and O–H groups in total. The maximum atomic E-state index is 6.44. The number of ether oxygens (including phenoxy) is 1. The van der Waals surface area contributed by atoms with Gasteiger partial charge in [0.05, 0.1) is 5.38 Å². The fraction of sp³-hybridized carbons (Fsp3) is 0.294. The molecule has 104 valence electrons. The van der Waals surface area contributed by atoms with E-state index in [1.54, 1.807) is 0 Å². The third-order valence-corrected chi connectivity index (χ3v) is 4.05. The molecule has 2 nitrogen and oxygen atoms in total. The number of halogens is 1. The van der Waals surface area contributed by atoms with E-state index in [0.717, 1.165) is 18.7 Å². The first kappa shape index (κ1) is 13.5. The van der Waals surface area contributed by atoms with Crippen LogP contribution >= 0.6 is 11.6 Å². The maximum absolute atomic E-state index is 6.44. The molecule has 0 heterocycles. The first-order valence-corrected chi connectivity index (χ1v) is 7.41. The number of hydrogen-bond donors (Lipinski definition) is 1. The Kier molecular flexibility index (Phi) is 4.24. The van der Waals surface area contributed by atoms with E-state index in [4.69, 9.17) is 16.3 Å². The molecule has 2 aromatic carbocycles. The minimum Gasteiger partial charge on any atom is -0.492 e. The smallest absolute Gasteiger partial charge is 0.119 e. The average molecular weight is 288 g/mol. The van der Waals surface area contributed by atoms with Crippen molar-refractivity contribution in [3.63, 3.8) is 0 Å². The number of rotatable bonds is 5. The lowest BCUT2D eigenvalue weighted by molar-refractivity contribution is 0.305. The highest BCUT2D eigenvalue weighted by molar-refractivity contribution is 6.21. The van der Waals surface area contributed by atoms with E-state index in [1.807, 2.05) is 30.3 Å². The summed E-state index contributed by atoms with van der Waals surface area (Å²) >= 11 is 6.44. The molecule has 1 aliphatic carbocycles. The molecule has 0 amide bonds. The molecule has 2 atom stereocenters. The summed E-state index contributed by atoms with van der Waals surface area (Å²) in [6.07, 6.45) is 0.939. The van der Waals surface area contributed by atoms with Gasteiger partial charge in [-0.05, 0) is 29.7 Å². The Morgan fingerprint density at radius 1 is 1.05 bits per heavy atom. The summed E-state index contributed by atoms with van der Waals surface area (Å²) in [5.41, 5.74) is 2.68. The Bertz CT molecular complexity index is 558. The van der Waals surface area contributed by atoms with Crippen molar-refractivity contribution in [1.29, 1.82) is 0 Å². The van der Waals surface area contributed by atoms with Crippen LogP contribution in [0.2, 0.25) is 0 Å². The summed E-state index contributed by atoms with van der Waals surface area (Å²) in [6, 6.07) is 18.6. The molecule has 0 spiro atoms. The summed E-state index contributed by atoms with van der Waals surface area (Å²) in [6.45, 7) is 1.43. The standard InChI is InChI=1S/C17H18ClNO/c18-16-12-13-6-4-5-9-15(13)17(16)19-10-11-20-14-7-2-1-3-8-14/h1-9,16-17,19H,10-12H2. The molecule has 0 bridgehead atoms. The molecule has 0 radical (unpaired) electrons. The molecule has 0 saturated carbocycles. The van der Waals surface area contributed by atoms with Crippen LogP contribution in [0.15, 0.2) is 54.6 Å². The van der Waals surface area contributed by atoms with Crippen molar-refractivity contribution in [3.8, 4) is 5.75 Å². The van der Waals surface area contributed by atoms with Gasteiger partial charge >= 0.3 is 0 Å². The molecular formula is C17H18ClNO. The minimum atomic E-state index is 0.129. The average Bonchev–Trinajstić information content (AvgIpc) is 2.80. The van der Waals surface area contributed by atoms with Crippen LogP contribution < -0.4 is 10.1 Å². The summed E-state index contributed by atoms with van der Waals surface area (Å²) in [5.74, 6) is 0.906. The monoisotopic (exact) mass is 287 g/mol. The van der Waals surface area contributed by atoms with Gasteiger partial charge in [0.2, 0.25) is 0 Å². The fourth-order valence-corrected chi connectivity index (χ4v) is 3.08. The van der Waals surface area contributed by atoms with E-state index in [2.05, 4.69) is 29.6 Å². The van der Waals surface area contributed by atoms with E-state index in [0.29, 0.717) is 6.61 Å². The Morgan fingerprint density at radius 3 is 2.65 bits per heavy atom. The zero-order valence-electron chi connectivity index (χ0n) is 11.3. The van der Waals surface area contributed by atoms with Crippen molar-refractivity contribution in [2.75, 3.05) is 13.2 Å². The van der Waals surface area contributed by atoms with Gasteiger partial charge in [-0.1, -0.05) is 42.5 Å². The molecular weight excluding hydrogens is 270 g/mol. The predicted molar refractivity (Wildman–Crippen MR) is 82.5 cm³/mol. The Hall–Kier alpha value is -1.51. The molecule has 1 aliphatic rings. The number of fused-ring (bicyclic) bond motifs is 1. The zero-order valence-corrected chi connectivity index (χ0v) is 12.0. The zero-order chi connectivity index (χ0) is 13.8. The van der Waals surface area contributed by atoms with Crippen LogP contribution in [0.3, 0.4) is 0 Å². The quantitative estimate of drug-likeness (QED) is 0.671. The first-order chi connectivity index (χ1) is 9.84. The largest absolute Gasteiger partial charge is 0.492 e. The summed E-state index contributed by atoms with van der Waals surface area (Å²) in [5, 5.41) is 3.63. The first-order valence-electron chi connectivity index (χ1n) is 6.98. The maximum Gasteiger partial charge on any atom is 0.119 e. The molecule has 0 saturated heterocycles. The van der Waals surface area contributed by atoms with Gasteiger partial charge in [-0.15, -0.1) is 11.6 Å². The number of alkyl halides is 1. The van der Waals surface area contributed by atoms with Crippen molar-refractivity contribution in [3.05, 3.63) is 65.7 Å². The van der Waals surface area contributed by atoms with Crippen molar-refractivity contribution in [2.45, 2.75) is 17.8 Å². The molecule has 0 aromatic heterocycles. The van der Waals surface area contributed by atoms with Gasteiger partial charge in [0.25, 0.3) is 0 Å². The molecule has 2 unspecified atom stereocenters. The second-order valence-corrected chi connectivity index (χ2v) is 5.57. The van der Waals surface area contributed by atoms with Gasteiger partial charge in [0.15, 0.2) is 0 Å². The van der Waals surface area contributed by atoms with Crippen molar-refractivity contribution in [2.24, 2.45) is 0 Å². The van der Waals surface area contributed by atoms with Gasteiger partial charge in [0.1, 0.15) is 12.4 Å². The molecule has 0 fully saturated rings. The van der Waals surface area contributed by atoms with Gasteiger partial charge in [0, 0.05) is 12.6 Å². The van der Waals surface area contributed by atoms with Crippen molar-refractivity contribution >= 4 is 11.6 Å². The summed E-state index contributed by atoms with van der Waals surface area (Å²) in [7, 11) is 0. The van der Waals surface area contributed by atoms with Crippen LogP contribution in [0.5, 0.6) is 5.75 Å².